The molecule has 3 N–H and O–H groups in total. The first-order valence-corrected chi connectivity index (χ1v) is 6.10. The summed E-state index contributed by atoms with van der Waals surface area (Å²) in [6, 6.07) is 1.60. The van der Waals surface area contributed by atoms with E-state index in [1.165, 1.54) is 6.92 Å². The number of hydrogen-bond acceptors (Lipinski definition) is 3. The van der Waals surface area contributed by atoms with Crippen LogP contribution in [0.15, 0.2) is 18.2 Å². The Morgan fingerprint density at radius 3 is 2.48 bits per heavy atom. The van der Waals surface area contributed by atoms with E-state index < -0.39 is 35.3 Å². The van der Waals surface area contributed by atoms with Crippen molar-refractivity contribution < 1.29 is 32.6 Å². The van der Waals surface area contributed by atoms with E-state index in [1.54, 1.807) is 0 Å². The molecule has 0 heterocycles. The van der Waals surface area contributed by atoms with Crippen LogP contribution < -0.4 is 5.32 Å². The SMILES string of the molecule is CC(=O)NCCC(O)C(O)c1cc(C(F)(F)F)ccc1F. The molecular formula is C13H15F4NO3. The van der Waals surface area contributed by atoms with Crippen LogP contribution >= 0.6 is 0 Å². The minimum Gasteiger partial charge on any atom is -0.390 e. The van der Waals surface area contributed by atoms with E-state index in [0.29, 0.717) is 18.2 Å². The van der Waals surface area contributed by atoms with Crippen molar-refractivity contribution in [3.8, 4) is 0 Å². The highest BCUT2D eigenvalue weighted by molar-refractivity contribution is 5.72. The highest BCUT2D eigenvalue weighted by Crippen LogP contribution is 2.32. The van der Waals surface area contributed by atoms with E-state index >= 15 is 0 Å². The molecule has 0 spiro atoms. The zero-order chi connectivity index (χ0) is 16.2. The van der Waals surface area contributed by atoms with Crippen LogP contribution in [0, 0.1) is 5.82 Å². The van der Waals surface area contributed by atoms with E-state index in [1.807, 2.05) is 0 Å². The van der Waals surface area contributed by atoms with Gasteiger partial charge in [-0.25, -0.2) is 4.39 Å². The monoisotopic (exact) mass is 309 g/mol. The summed E-state index contributed by atoms with van der Waals surface area (Å²) in [5, 5.41) is 21.8. The van der Waals surface area contributed by atoms with Crippen molar-refractivity contribution in [3.05, 3.63) is 35.1 Å². The lowest BCUT2D eigenvalue weighted by Gasteiger charge is -2.20. The Hall–Kier alpha value is -1.67. The summed E-state index contributed by atoms with van der Waals surface area (Å²) in [7, 11) is 0. The first-order valence-electron chi connectivity index (χ1n) is 6.10. The molecular weight excluding hydrogens is 294 g/mol. The van der Waals surface area contributed by atoms with Crippen LogP contribution in [0.1, 0.15) is 30.6 Å². The molecule has 2 atom stereocenters. The lowest BCUT2D eigenvalue weighted by atomic mass is 9.99. The molecule has 0 fully saturated rings. The number of hydrogen-bond donors (Lipinski definition) is 3. The third kappa shape index (κ3) is 4.98. The fourth-order valence-corrected chi connectivity index (χ4v) is 1.71. The summed E-state index contributed by atoms with van der Waals surface area (Å²) >= 11 is 0. The maximum absolute atomic E-state index is 13.5. The number of amides is 1. The number of aliphatic hydroxyl groups is 2. The number of carbonyl (C=O) groups excluding carboxylic acids is 1. The molecule has 4 nitrogen and oxygen atoms in total. The van der Waals surface area contributed by atoms with Crippen LogP contribution in [-0.2, 0) is 11.0 Å². The predicted molar refractivity (Wildman–Crippen MR) is 65.7 cm³/mol. The molecule has 8 heteroatoms. The molecule has 1 rings (SSSR count). The van der Waals surface area contributed by atoms with Gasteiger partial charge >= 0.3 is 6.18 Å². The van der Waals surface area contributed by atoms with Crippen LogP contribution in [0.3, 0.4) is 0 Å². The Kier molecular flexibility index (Phi) is 5.68. The molecule has 0 aliphatic heterocycles. The van der Waals surface area contributed by atoms with E-state index in [9.17, 15) is 32.6 Å². The average molecular weight is 309 g/mol. The van der Waals surface area contributed by atoms with Gasteiger partial charge in [0.1, 0.15) is 11.9 Å². The summed E-state index contributed by atoms with van der Waals surface area (Å²) in [5.41, 5.74) is -1.76. The highest BCUT2D eigenvalue weighted by Gasteiger charge is 2.32. The van der Waals surface area contributed by atoms with Crippen molar-refractivity contribution in [2.24, 2.45) is 0 Å². The summed E-state index contributed by atoms with van der Waals surface area (Å²) in [4.78, 5) is 10.6. The molecule has 1 amide bonds. The van der Waals surface area contributed by atoms with Crippen molar-refractivity contribution in [1.29, 1.82) is 0 Å². The van der Waals surface area contributed by atoms with Gasteiger partial charge in [-0.2, -0.15) is 13.2 Å². The van der Waals surface area contributed by atoms with Gasteiger partial charge in [0, 0.05) is 19.0 Å². The first-order chi connectivity index (χ1) is 9.62. The normalized spacial score (nSPS) is 14.6. The largest absolute Gasteiger partial charge is 0.416 e. The van der Waals surface area contributed by atoms with Gasteiger partial charge in [0.15, 0.2) is 0 Å². The third-order valence-electron chi connectivity index (χ3n) is 2.82. The van der Waals surface area contributed by atoms with Gasteiger partial charge in [-0.3, -0.25) is 4.79 Å². The average Bonchev–Trinajstić information content (AvgIpc) is 2.36. The minimum absolute atomic E-state index is 0.00808. The second-order valence-corrected chi connectivity index (χ2v) is 4.52. The Bertz CT molecular complexity index is 505. The summed E-state index contributed by atoms with van der Waals surface area (Å²) in [6.07, 6.45) is -8.13. The third-order valence-corrected chi connectivity index (χ3v) is 2.82. The van der Waals surface area contributed by atoms with Crippen LogP contribution in [0.4, 0.5) is 17.6 Å². The number of aliphatic hydroxyl groups excluding tert-OH is 2. The standard InChI is InChI=1S/C13H15F4NO3/c1-7(19)18-5-4-11(20)12(21)9-6-8(13(15,16)17)2-3-10(9)14/h2-3,6,11-12,20-21H,4-5H2,1H3,(H,18,19). The predicted octanol–water partition coefficient (Wildman–Crippen LogP) is 1.76. The maximum atomic E-state index is 13.5. The Morgan fingerprint density at radius 2 is 1.95 bits per heavy atom. The summed E-state index contributed by atoms with van der Waals surface area (Å²) in [5.74, 6) is -1.41. The van der Waals surface area contributed by atoms with Gasteiger partial charge < -0.3 is 15.5 Å². The number of rotatable bonds is 5. The maximum Gasteiger partial charge on any atom is 0.416 e. The van der Waals surface area contributed by atoms with E-state index in [0.717, 1.165) is 0 Å². The lowest BCUT2D eigenvalue weighted by Crippen LogP contribution is -2.28. The Labute approximate surface area is 118 Å². The number of benzene rings is 1. The Morgan fingerprint density at radius 1 is 1.33 bits per heavy atom. The molecule has 0 aliphatic rings. The van der Waals surface area contributed by atoms with Gasteiger partial charge in [0.05, 0.1) is 11.7 Å². The molecule has 21 heavy (non-hydrogen) atoms. The molecule has 0 aliphatic carbocycles. The first kappa shape index (κ1) is 17.4. The lowest BCUT2D eigenvalue weighted by molar-refractivity contribution is -0.137. The minimum atomic E-state index is -4.68. The number of halogens is 4. The smallest absolute Gasteiger partial charge is 0.390 e. The van der Waals surface area contributed by atoms with Gasteiger partial charge in [0.2, 0.25) is 5.91 Å². The number of nitrogens with one attached hydrogen (secondary N) is 1. The molecule has 0 radical (unpaired) electrons. The molecule has 0 saturated carbocycles. The molecule has 2 unspecified atom stereocenters. The van der Waals surface area contributed by atoms with E-state index in [-0.39, 0.29) is 18.9 Å². The van der Waals surface area contributed by atoms with Crippen molar-refractivity contribution in [2.75, 3.05) is 6.54 Å². The number of carbonyl (C=O) groups is 1. The zero-order valence-corrected chi connectivity index (χ0v) is 11.1. The van der Waals surface area contributed by atoms with Crippen molar-refractivity contribution in [3.63, 3.8) is 0 Å². The molecule has 0 bridgehead atoms. The topological polar surface area (TPSA) is 69.6 Å². The van der Waals surface area contributed by atoms with Crippen LogP contribution in [0.25, 0.3) is 0 Å². The molecule has 1 aromatic carbocycles. The number of alkyl halides is 3. The summed E-state index contributed by atoms with van der Waals surface area (Å²) < 4.78 is 51.1. The second kappa shape index (κ2) is 6.86. The summed E-state index contributed by atoms with van der Waals surface area (Å²) in [6.45, 7) is 1.25. The highest BCUT2D eigenvalue weighted by atomic mass is 19.4. The van der Waals surface area contributed by atoms with Crippen molar-refractivity contribution in [2.45, 2.75) is 31.7 Å². The van der Waals surface area contributed by atoms with Gasteiger partial charge in [0.25, 0.3) is 0 Å². The van der Waals surface area contributed by atoms with E-state index in [4.69, 9.17) is 0 Å². The van der Waals surface area contributed by atoms with Crippen molar-refractivity contribution in [1.82, 2.24) is 5.32 Å². The van der Waals surface area contributed by atoms with Gasteiger partial charge in [-0.15, -0.1) is 0 Å². The van der Waals surface area contributed by atoms with Crippen LogP contribution in [-0.4, -0.2) is 28.8 Å². The molecule has 1 aromatic rings. The fraction of sp³-hybridized carbons (Fsp3) is 0.462. The van der Waals surface area contributed by atoms with Gasteiger partial charge in [-0.1, -0.05) is 0 Å². The zero-order valence-electron chi connectivity index (χ0n) is 11.1. The van der Waals surface area contributed by atoms with Crippen LogP contribution in [0.2, 0.25) is 0 Å². The second-order valence-electron chi connectivity index (χ2n) is 4.52. The molecule has 118 valence electrons. The quantitative estimate of drug-likeness (QED) is 0.726. The molecule has 0 aromatic heterocycles. The Balaban J connectivity index is 2.85. The van der Waals surface area contributed by atoms with Gasteiger partial charge in [-0.05, 0) is 24.6 Å². The van der Waals surface area contributed by atoms with Crippen molar-refractivity contribution >= 4 is 5.91 Å². The molecule has 0 saturated heterocycles. The van der Waals surface area contributed by atoms with Crippen LogP contribution in [0.5, 0.6) is 0 Å². The fourth-order valence-electron chi connectivity index (χ4n) is 1.71. The van der Waals surface area contributed by atoms with E-state index in [2.05, 4.69) is 5.32 Å².